The number of hydrogen-bond acceptors (Lipinski definition) is 3. The summed E-state index contributed by atoms with van der Waals surface area (Å²) >= 11 is 5.82. The summed E-state index contributed by atoms with van der Waals surface area (Å²) in [6.45, 7) is 0. The van der Waals surface area contributed by atoms with Gasteiger partial charge in [-0.15, -0.1) is 11.3 Å². The van der Waals surface area contributed by atoms with Crippen molar-refractivity contribution in [1.82, 2.24) is 4.98 Å². The maximum Gasteiger partial charge on any atom is 0.355 e. The van der Waals surface area contributed by atoms with Crippen LogP contribution in [0.5, 0.6) is 0 Å². The van der Waals surface area contributed by atoms with Gasteiger partial charge in [0.15, 0.2) is 5.69 Å². The van der Waals surface area contributed by atoms with Crippen LogP contribution in [-0.4, -0.2) is 16.1 Å². The summed E-state index contributed by atoms with van der Waals surface area (Å²) in [5.41, 5.74) is 1.12. The molecule has 2 aromatic rings. The lowest BCUT2D eigenvalue weighted by atomic mass is 10.2. The highest BCUT2D eigenvalue weighted by Crippen LogP contribution is 2.32. The second-order valence-corrected chi connectivity index (χ2v) is 6.12. The van der Waals surface area contributed by atoms with Crippen molar-refractivity contribution in [2.75, 3.05) is 0 Å². The van der Waals surface area contributed by atoms with Crippen LogP contribution in [0.3, 0.4) is 0 Å². The number of aromatic carboxylic acids is 1. The zero-order valence-electron chi connectivity index (χ0n) is 7.78. The Bertz CT molecular complexity index is 533. The van der Waals surface area contributed by atoms with Gasteiger partial charge in [0.1, 0.15) is 5.01 Å². The van der Waals surface area contributed by atoms with E-state index in [2.05, 4.69) is 50.2 Å². The van der Waals surface area contributed by atoms with E-state index in [0.717, 1.165) is 17.7 Å². The number of benzene rings is 1. The molecular formula is C10H5I2NO2S. The fourth-order valence-corrected chi connectivity index (χ4v) is 4.44. The third kappa shape index (κ3) is 2.38. The fraction of sp³-hybridized carbons (Fsp3) is 0. The second-order valence-electron chi connectivity index (χ2n) is 2.94. The van der Waals surface area contributed by atoms with E-state index in [0.29, 0.717) is 0 Å². The van der Waals surface area contributed by atoms with Crippen LogP contribution in [0, 0.1) is 7.14 Å². The van der Waals surface area contributed by atoms with Crippen molar-refractivity contribution in [1.29, 1.82) is 0 Å². The Morgan fingerprint density at radius 1 is 1.31 bits per heavy atom. The lowest BCUT2D eigenvalue weighted by Crippen LogP contribution is -1.96. The Balaban J connectivity index is 2.54. The molecule has 0 aliphatic heterocycles. The van der Waals surface area contributed by atoms with Crippen LogP contribution in [-0.2, 0) is 0 Å². The predicted octanol–water partition coefficient (Wildman–Crippen LogP) is 3.72. The molecule has 1 N–H and O–H groups in total. The van der Waals surface area contributed by atoms with Crippen molar-refractivity contribution in [2.45, 2.75) is 0 Å². The molecule has 2 rings (SSSR count). The summed E-state index contributed by atoms with van der Waals surface area (Å²) in [6, 6.07) is 5.94. The van der Waals surface area contributed by atoms with Crippen LogP contribution >= 0.6 is 56.5 Å². The van der Waals surface area contributed by atoms with Crippen LogP contribution in [0.25, 0.3) is 10.6 Å². The molecule has 0 fully saturated rings. The molecule has 0 spiro atoms. The van der Waals surface area contributed by atoms with Crippen LogP contribution in [0.1, 0.15) is 10.5 Å². The van der Waals surface area contributed by atoms with E-state index in [1.807, 2.05) is 18.2 Å². The molecule has 0 atom stereocenters. The minimum atomic E-state index is -0.983. The summed E-state index contributed by atoms with van der Waals surface area (Å²) in [7, 11) is 0. The molecule has 6 heteroatoms. The lowest BCUT2D eigenvalue weighted by molar-refractivity contribution is 0.0691. The SMILES string of the molecule is O=C(O)c1csc(-c2c(I)cccc2I)n1. The largest absolute Gasteiger partial charge is 0.476 e. The van der Waals surface area contributed by atoms with E-state index in [-0.39, 0.29) is 5.69 Å². The molecule has 0 radical (unpaired) electrons. The maximum absolute atomic E-state index is 10.8. The van der Waals surface area contributed by atoms with Crippen molar-refractivity contribution in [3.05, 3.63) is 36.4 Å². The van der Waals surface area contributed by atoms with E-state index in [9.17, 15) is 4.79 Å². The molecule has 0 saturated heterocycles. The molecule has 1 aromatic heterocycles. The number of carboxylic acids is 1. The highest BCUT2D eigenvalue weighted by atomic mass is 127. The van der Waals surface area contributed by atoms with Crippen molar-refractivity contribution in [3.8, 4) is 10.6 Å². The Hall–Kier alpha value is -0.220. The summed E-state index contributed by atoms with van der Waals surface area (Å²) < 4.78 is 2.16. The molecule has 0 aliphatic carbocycles. The number of carbonyl (C=O) groups is 1. The first kappa shape index (κ1) is 12.2. The summed E-state index contributed by atoms with van der Waals surface area (Å²) in [4.78, 5) is 14.9. The zero-order valence-corrected chi connectivity index (χ0v) is 12.9. The summed E-state index contributed by atoms with van der Waals surface area (Å²) in [5.74, 6) is -0.983. The van der Waals surface area contributed by atoms with Crippen molar-refractivity contribution in [3.63, 3.8) is 0 Å². The minimum Gasteiger partial charge on any atom is -0.476 e. The molecule has 1 heterocycles. The average molecular weight is 457 g/mol. The molecule has 82 valence electrons. The molecule has 3 nitrogen and oxygen atoms in total. The van der Waals surface area contributed by atoms with Gasteiger partial charge in [0.25, 0.3) is 0 Å². The second kappa shape index (κ2) is 4.96. The van der Waals surface area contributed by atoms with Gasteiger partial charge in [-0.1, -0.05) is 6.07 Å². The molecule has 0 unspecified atom stereocenters. The van der Waals surface area contributed by atoms with Crippen molar-refractivity contribution < 1.29 is 9.90 Å². The maximum atomic E-state index is 10.8. The van der Waals surface area contributed by atoms with E-state index in [4.69, 9.17) is 5.11 Å². The minimum absolute atomic E-state index is 0.107. The molecule has 0 bridgehead atoms. The summed E-state index contributed by atoms with van der Waals surface area (Å²) in [5, 5.41) is 11.1. The van der Waals surface area contributed by atoms with Gasteiger partial charge >= 0.3 is 5.97 Å². The van der Waals surface area contributed by atoms with Crippen molar-refractivity contribution >= 4 is 62.5 Å². The smallest absolute Gasteiger partial charge is 0.355 e. The zero-order chi connectivity index (χ0) is 11.7. The standard InChI is InChI=1S/C10H5I2NO2S/c11-5-2-1-3-6(12)8(5)9-13-7(4-16-9)10(14)15/h1-4H,(H,14,15). The third-order valence-corrected chi connectivity index (χ3v) is 4.56. The fourth-order valence-electron chi connectivity index (χ4n) is 1.19. The number of aromatic nitrogens is 1. The monoisotopic (exact) mass is 457 g/mol. The Kier molecular flexibility index (Phi) is 3.80. The quantitative estimate of drug-likeness (QED) is 0.701. The van der Waals surface area contributed by atoms with Gasteiger partial charge < -0.3 is 5.11 Å². The summed E-state index contributed by atoms with van der Waals surface area (Å²) in [6.07, 6.45) is 0. The van der Waals surface area contributed by atoms with Gasteiger partial charge in [-0.25, -0.2) is 9.78 Å². The number of hydrogen-bond donors (Lipinski definition) is 1. The van der Waals surface area contributed by atoms with E-state index in [1.54, 1.807) is 5.38 Å². The van der Waals surface area contributed by atoms with Crippen molar-refractivity contribution in [2.24, 2.45) is 0 Å². The predicted molar refractivity (Wildman–Crippen MR) is 79.9 cm³/mol. The van der Waals surface area contributed by atoms with Gasteiger partial charge in [0.2, 0.25) is 0 Å². The Morgan fingerprint density at radius 2 is 1.94 bits per heavy atom. The Morgan fingerprint density at radius 3 is 2.44 bits per heavy atom. The van der Waals surface area contributed by atoms with Gasteiger partial charge in [0, 0.05) is 18.1 Å². The normalized spacial score (nSPS) is 10.4. The van der Waals surface area contributed by atoms with E-state index in [1.165, 1.54) is 11.3 Å². The van der Waals surface area contributed by atoms with Crippen LogP contribution in [0.2, 0.25) is 0 Å². The highest BCUT2D eigenvalue weighted by molar-refractivity contribution is 14.1. The molecule has 0 amide bonds. The first-order valence-corrected chi connectivity index (χ1v) is 7.26. The van der Waals surface area contributed by atoms with E-state index >= 15 is 0 Å². The highest BCUT2D eigenvalue weighted by Gasteiger charge is 2.14. The average Bonchev–Trinajstić information content (AvgIpc) is 2.66. The van der Waals surface area contributed by atoms with Gasteiger partial charge in [-0.3, -0.25) is 0 Å². The number of nitrogens with zero attached hydrogens (tertiary/aromatic N) is 1. The van der Waals surface area contributed by atoms with Gasteiger partial charge in [-0.2, -0.15) is 0 Å². The number of halogens is 2. The van der Waals surface area contributed by atoms with Gasteiger partial charge in [0.05, 0.1) is 0 Å². The lowest BCUT2D eigenvalue weighted by Gasteiger charge is -2.02. The number of carboxylic acid groups (broad SMARTS) is 1. The molecule has 16 heavy (non-hydrogen) atoms. The number of rotatable bonds is 2. The molecule has 0 aliphatic rings. The van der Waals surface area contributed by atoms with Crippen LogP contribution < -0.4 is 0 Å². The molecule has 0 saturated carbocycles. The van der Waals surface area contributed by atoms with Gasteiger partial charge in [-0.05, 0) is 57.3 Å². The van der Waals surface area contributed by atoms with Crippen LogP contribution in [0.4, 0.5) is 0 Å². The van der Waals surface area contributed by atoms with E-state index < -0.39 is 5.97 Å². The molecular weight excluding hydrogens is 452 g/mol. The topological polar surface area (TPSA) is 50.2 Å². The number of thiazole rings is 1. The first-order valence-electron chi connectivity index (χ1n) is 4.23. The Labute approximate surface area is 123 Å². The van der Waals surface area contributed by atoms with Crippen LogP contribution in [0.15, 0.2) is 23.6 Å². The third-order valence-electron chi connectivity index (χ3n) is 1.90. The first-order chi connectivity index (χ1) is 7.59. The molecule has 1 aromatic carbocycles.